The molecule has 1 aliphatic carbocycles. The first-order valence-corrected chi connectivity index (χ1v) is 13.6. The summed E-state index contributed by atoms with van der Waals surface area (Å²) in [6.45, 7) is 10.1. The zero-order chi connectivity index (χ0) is 29.7. The third-order valence-electron chi connectivity index (χ3n) is 7.01. The molecule has 1 heterocycles. The number of carbonyl (C=O) groups excluding carboxylic acids is 5. The van der Waals surface area contributed by atoms with Crippen LogP contribution in [-0.2, 0) is 19.2 Å². The minimum absolute atomic E-state index is 0.0766. The molecule has 10 nitrogen and oxygen atoms in total. The third kappa shape index (κ3) is 9.26. The molecule has 5 atom stereocenters. The summed E-state index contributed by atoms with van der Waals surface area (Å²) in [5.74, 6) is -0.319. The molecule has 0 saturated carbocycles. The van der Waals surface area contributed by atoms with Crippen LogP contribution in [0.5, 0.6) is 0 Å². The van der Waals surface area contributed by atoms with Crippen LogP contribution in [0.4, 0.5) is 4.79 Å². The van der Waals surface area contributed by atoms with Gasteiger partial charge in [0.2, 0.25) is 17.6 Å². The largest absolute Gasteiger partial charge is 0.346 e. The van der Waals surface area contributed by atoms with Crippen molar-refractivity contribution in [2.24, 2.45) is 11.8 Å². The average molecular weight is 552 g/mol. The summed E-state index contributed by atoms with van der Waals surface area (Å²) >= 11 is 0. The Morgan fingerprint density at radius 2 is 1.98 bits per heavy atom. The van der Waals surface area contributed by atoms with Crippen molar-refractivity contribution in [2.75, 3.05) is 20.1 Å². The Hall–Kier alpha value is -4.13. The van der Waals surface area contributed by atoms with Gasteiger partial charge in [0.1, 0.15) is 12.1 Å². The Morgan fingerprint density at radius 3 is 2.65 bits per heavy atom. The minimum Gasteiger partial charge on any atom is -0.346 e. The highest BCUT2D eigenvalue weighted by atomic mass is 16.2. The lowest BCUT2D eigenvalue weighted by atomic mass is 9.84. The van der Waals surface area contributed by atoms with Gasteiger partial charge in [-0.05, 0) is 43.9 Å². The SMILES string of the molecule is C#CCCC(NC(=O)C1CCCN1C(=O)C(NC(=O)NC)C1CC(=C)/C=C\C=C/C(C)C1)C(=O)C(=O)NCC=C. The molecule has 0 aromatic carbocycles. The molecule has 5 unspecified atom stereocenters. The van der Waals surface area contributed by atoms with Gasteiger partial charge in [-0.1, -0.05) is 49.5 Å². The second kappa shape index (κ2) is 16.1. The van der Waals surface area contributed by atoms with Gasteiger partial charge in [0.15, 0.2) is 0 Å². The van der Waals surface area contributed by atoms with E-state index in [0.29, 0.717) is 32.2 Å². The van der Waals surface area contributed by atoms with Crippen LogP contribution in [0.3, 0.4) is 0 Å². The van der Waals surface area contributed by atoms with Crippen LogP contribution in [0.2, 0.25) is 0 Å². The highest BCUT2D eigenvalue weighted by Gasteiger charge is 2.41. The van der Waals surface area contributed by atoms with Gasteiger partial charge < -0.3 is 26.2 Å². The van der Waals surface area contributed by atoms with E-state index in [1.165, 1.54) is 18.0 Å². The van der Waals surface area contributed by atoms with E-state index in [2.05, 4.69) is 40.3 Å². The Balaban J connectivity index is 2.29. The topological polar surface area (TPSA) is 137 Å². The standard InChI is InChI=1S/C30H41N5O5/c1-6-8-14-23(26(36)28(38)32-16-7-2)33-27(37)24-15-11-17-35(24)29(39)25(34-30(40)31-5)22-18-20(3)12-9-10-13-21(4)19-22/h1,7,9-10,12-13,21-25H,2-3,8,11,14-19H2,4-5H3,(H,32,38)(H,33,37)(H2,31,34,40)/b12-9-,13-10-. The van der Waals surface area contributed by atoms with Gasteiger partial charge >= 0.3 is 6.03 Å². The lowest BCUT2D eigenvalue weighted by Gasteiger charge is -2.34. The van der Waals surface area contributed by atoms with Crippen molar-refractivity contribution in [3.05, 3.63) is 49.1 Å². The Morgan fingerprint density at radius 1 is 1.23 bits per heavy atom. The van der Waals surface area contributed by atoms with E-state index in [0.717, 1.165) is 5.57 Å². The number of likely N-dealkylation sites (tertiary alicyclic amines) is 1. The van der Waals surface area contributed by atoms with Crippen molar-refractivity contribution in [1.29, 1.82) is 0 Å². The van der Waals surface area contributed by atoms with Crippen molar-refractivity contribution in [2.45, 2.75) is 63.6 Å². The number of rotatable bonds is 11. The van der Waals surface area contributed by atoms with Gasteiger partial charge in [-0.3, -0.25) is 19.2 Å². The predicted molar refractivity (Wildman–Crippen MR) is 154 cm³/mol. The quantitative estimate of drug-likeness (QED) is 0.176. The number of nitrogens with zero attached hydrogens (tertiary/aromatic N) is 1. The first-order valence-electron chi connectivity index (χ1n) is 13.6. The fourth-order valence-corrected chi connectivity index (χ4v) is 4.99. The molecule has 0 spiro atoms. The summed E-state index contributed by atoms with van der Waals surface area (Å²) in [6.07, 6.45) is 16.8. The highest BCUT2D eigenvalue weighted by Crippen LogP contribution is 2.29. The fourth-order valence-electron chi connectivity index (χ4n) is 4.99. The maximum atomic E-state index is 14.0. The highest BCUT2D eigenvalue weighted by molar-refractivity contribution is 6.38. The van der Waals surface area contributed by atoms with E-state index >= 15 is 0 Å². The maximum Gasteiger partial charge on any atom is 0.315 e. The summed E-state index contributed by atoms with van der Waals surface area (Å²) in [6, 6.07) is -3.41. The molecule has 5 amide bonds. The third-order valence-corrected chi connectivity index (χ3v) is 7.01. The Labute approximate surface area is 236 Å². The normalized spacial score (nSPS) is 23.6. The van der Waals surface area contributed by atoms with E-state index in [-0.39, 0.29) is 37.1 Å². The Kier molecular flexibility index (Phi) is 12.9. The number of hydrogen-bond acceptors (Lipinski definition) is 5. The van der Waals surface area contributed by atoms with Crippen LogP contribution in [0.1, 0.15) is 45.4 Å². The molecule has 1 saturated heterocycles. The maximum absolute atomic E-state index is 14.0. The molecule has 216 valence electrons. The average Bonchev–Trinajstić information content (AvgIpc) is 3.45. The van der Waals surface area contributed by atoms with E-state index in [9.17, 15) is 24.0 Å². The van der Waals surface area contributed by atoms with Crippen LogP contribution in [0, 0.1) is 24.2 Å². The van der Waals surface area contributed by atoms with Crippen molar-refractivity contribution in [1.82, 2.24) is 26.2 Å². The number of Topliss-reactive ketones (excluding diaryl/α,β-unsaturated/α-hetero) is 1. The fraction of sp³-hybridized carbons (Fsp3) is 0.500. The van der Waals surface area contributed by atoms with Crippen molar-refractivity contribution in [3.63, 3.8) is 0 Å². The molecule has 1 fully saturated rings. The number of nitrogens with one attached hydrogen (secondary N) is 4. The number of carbonyl (C=O) groups is 5. The lowest BCUT2D eigenvalue weighted by Crippen LogP contribution is -2.58. The summed E-state index contributed by atoms with van der Waals surface area (Å²) < 4.78 is 0. The lowest BCUT2D eigenvalue weighted by molar-refractivity contribution is -0.143. The first-order chi connectivity index (χ1) is 19.1. The van der Waals surface area contributed by atoms with Crippen LogP contribution in [-0.4, -0.2) is 72.7 Å². The molecule has 0 aromatic rings. The van der Waals surface area contributed by atoms with Gasteiger partial charge in [-0.2, -0.15) is 0 Å². The smallest absolute Gasteiger partial charge is 0.315 e. The number of terminal acetylenes is 1. The molecular formula is C30H41N5O5. The Bertz CT molecular complexity index is 1090. The number of urea groups is 1. The van der Waals surface area contributed by atoms with Gasteiger partial charge in [-0.15, -0.1) is 18.9 Å². The molecule has 0 bridgehead atoms. The molecule has 2 rings (SSSR count). The molecule has 2 aliphatic rings. The molecule has 10 heteroatoms. The van der Waals surface area contributed by atoms with Gasteiger partial charge in [0.25, 0.3) is 5.91 Å². The number of amides is 5. The minimum atomic E-state index is -1.14. The summed E-state index contributed by atoms with van der Waals surface area (Å²) in [4.78, 5) is 66.3. The summed E-state index contributed by atoms with van der Waals surface area (Å²) in [7, 11) is 1.47. The van der Waals surface area contributed by atoms with Crippen LogP contribution in [0.25, 0.3) is 0 Å². The van der Waals surface area contributed by atoms with Crippen molar-refractivity contribution >= 4 is 29.5 Å². The van der Waals surface area contributed by atoms with Gasteiger partial charge in [0.05, 0.1) is 6.04 Å². The molecule has 0 radical (unpaired) electrons. The predicted octanol–water partition coefficient (Wildman–Crippen LogP) is 1.76. The van der Waals surface area contributed by atoms with Crippen LogP contribution in [0.15, 0.2) is 49.1 Å². The van der Waals surface area contributed by atoms with E-state index in [1.807, 2.05) is 31.2 Å². The van der Waals surface area contributed by atoms with Crippen molar-refractivity contribution < 1.29 is 24.0 Å². The molecule has 1 aliphatic heterocycles. The van der Waals surface area contributed by atoms with Gasteiger partial charge in [0, 0.05) is 26.6 Å². The monoisotopic (exact) mass is 551 g/mol. The van der Waals surface area contributed by atoms with Crippen LogP contribution < -0.4 is 21.3 Å². The number of allylic oxidation sites excluding steroid dienone is 5. The molecule has 0 aromatic heterocycles. The first kappa shape index (κ1) is 32.1. The second-order valence-electron chi connectivity index (χ2n) is 10.1. The van der Waals surface area contributed by atoms with E-state index in [1.54, 1.807) is 0 Å². The molecular weight excluding hydrogens is 510 g/mol. The molecule has 4 N–H and O–H groups in total. The summed E-state index contributed by atoms with van der Waals surface area (Å²) in [5.41, 5.74) is 0.820. The van der Waals surface area contributed by atoms with Crippen molar-refractivity contribution in [3.8, 4) is 12.3 Å². The zero-order valence-corrected chi connectivity index (χ0v) is 23.4. The zero-order valence-electron chi connectivity index (χ0n) is 23.4. The second-order valence-corrected chi connectivity index (χ2v) is 10.1. The van der Waals surface area contributed by atoms with Crippen LogP contribution >= 0.6 is 0 Å². The molecule has 40 heavy (non-hydrogen) atoms. The van der Waals surface area contributed by atoms with Gasteiger partial charge in [-0.25, -0.2) is 4.79 Å². The van der Waals surface area contributed by atoms with E-state index in [4.69, 9.17) is 6.42 Å². The summed E-state index contributed by atoms with van der Waals surface area (Å²) in [5, 5.41) is 10.4. The number of hydrogen-bond donors (Lipinski definition) is 4. The number of ketones is 1. The van der Waals surface area contributed by atoms with E-state index < -0.39 is 41.8 Å².